The van der Waals surface area contributed by atoms with E-state index >= 15 is 0 Å². The number of carbonyl (C=O) groups excluding carboxylic acids is 3. The molecule has 0 fully saturated rings. The molecule has 3 aromatic rings. The van der Waals surface area contributed by atoms with E-state index in [-0.39, 0.29) is 12.1 Å². The number of carbonyl (C=O) groups is 3. The monoisotopic (exact) mass is 352 g/mol. The van der Waals surface area contributed by atoms with Gasteiger partial charge in [0.15, 0.2) is 0 Å². The lowest BCUT2D eigenvalue weighted by Gasteiger charge is -2.16. The van der Waals surface area contributed by atoms with E-state index in [2.05, 4.69) is 20.4 Å². The van der Waals surface area contributed by atoms with Crippen molar-refractivity contribution in [1.29, 1.82) is 0 Å². The molecule has 1 atom stereocenters. The Morgan fingerprint density at radius 3 is 2.73 bits per heavy atom. The van der Waals surface area contributed by atoms with Crippen molar-refractivity contribution < 1.29 is 14.4 Å². The van der Waals surface area contributed by atoms with Gasteiger partial charge in [0, 0.05) is 25.0 Å². The number of hydrogen-bond acceptors (Lipinski definition) is 5. The van der Waals surface area contributed by atoms with Crippen LogP contribution in [-0.4, -0.2) is 43.4 Å². The van der Waals surface area contributed by atoms with Gasteiger partial charge in [0.2, 0.25) is 5.78 Å². The summed E-state index contributed by atoms with van der Waals surface area (Å²) in [6.45, 7) is 0. The third-order valence-corrected chi connectivity index (χ3v) is 3.73. The highest BCUT2D eigenvalue weighted by Gasteiger charge is 2.27. The van der Waals surface area contributed by atoms with Crippen LogP contribution in [0.25, 0.3) is 5.69 Å². The predicted octanol–water partition coefficient (Wildman–Crippen LogP) is -0.00910. The van der Waals surface area contributed by atoms with Crippen molar-refractivity contribution in [3.05, 3.63) is 66.5 Å². The Hall–Kier alpha value is -3.75. The van der Waals surface area contributed by atoms with Crippen molar-refractivity contribution in [2.75, 3.05) is 0 Å². The number of ketones is 1. The fourth-order valence-corrected chi connectivity index (χ4v) is 2.49. The summed E-state index contributed by atoms with van der Waals surface area (Å²) in [4.78, 5) is 42.9. The van der Waals surface area contributed by atoms with Gasteiger partial charge < -0.3 is 16.0 Å². The second-order valence-electron chi connectivity index (χ2n) is 5.52. The van der Waals surface area contributed by atoms with Crippen molar-refractivity contribution >= 4 is 17.6 Å². The lowest BCUT2D eigenvalue weighted by molar-refractivity contribution is -0.137. The van der Waals surface area contributed by atoms with Gasteiger partial charge in [-0.2, -0.15) is 5.10 Å². The van der Waals surface area contributed by atoms with E-state index in [9.17, 15) is 14.4 Å². The molecule has 0 aromatic carbocycles. The van der Waals surface area contributed by atoms with Gasteiger partial charge in [-0.25, -0.2) is 4.68 Å². The molecular formula is C17H16N6O3. The molecule has 3 rings (SSSR count). The molecule has 4 N–H and O–H groups in total. The molecule has 0 saturated carbocycles. The Morgan fingerprint density at radius 2 is 2.08 bits per heavy atom. The maximum atomic E-state index is 12.7. The topological polar surface area (TPSA) is 136 Å². The number of amides is 2. The van der Waals surface area contributed by atoms with Gasteiger partial charge in [-0.3, -0.25) is 19.4 Å². The molecule has 0 aliphatic rings. The molecule has 9 nitrogen and oxygen atoms in total. The fraction of sp³-hybridized carbons (Fsp3) is 0.118. The molecule has 2 amide bonds. The highest BCUT2D eigenvalue weighted by atomic mass is 16.2. The van der Waals surface area contributed by atoms with E-state index in [1.165, 1.54) is 16.9 Å². The summed E-state index contributed by atoms with van der Waals surface area (Å²) in [6.07, 6.45) is 8.10. The van der Waals surface area contributed by atoms with Crippen LogP contribution in [0.1, 0.15) is 16.1 Å². The summed E-state index contributed by atoms with van der Waals surface area (Å²) in [5.41, 5.74) is 6.66. The van der Waals surface area contributed by atoms with E-state index in [4.69, 9.17) is 5.73 Å². The fourth-order valence-electron chi connectivity index (χ4n) is 2.49. The Morgan fingerprint density at radius 1 is 1.23 bits per heavy atom. The number of H-pyrrole nitrogens is 1. The molecule has 0 bridgehead atoms. The number of Topliss-reactive ketones (excluding diaryl/α,β-unsaturated/α-hetero) is 1. The number of aromatic amines is 1. The van der Waals surface area contributed by atoms with Crippen LogP contribution in [0.3, 0.4) is 0 Å². The van der Waals surface area contributed by atoms with Crippen molar-refractivity contribution in [3.63, 3.8) is 0 Å². The van der Waals surface area contributed by atoms with Crippen molar-refractivity contribution in [2.24, 2.45) is 5.73 Å². The second kappa shape index (κ2) is 7.43. The van der Waals surface area contributed by atoms with E-state index in [0.29, 0.717) is 5.69 Å². The third-order valence-electron chi connectivity index (χ3n) is 3.73. The number of nitrogens with one attached hydrogen (secondary N) is 2. The Labute approximate surface area is 148 Å². The lowest BCUT2D eigenvalue weighted by atomic mass is 10.0. The van der Waals surface area contributed by atoms with E-state index in [1.54, 1.807) is 43.0 Å². The van der Waals surface area contributed by atoms with Gasteiger partial charge in [-0.15, -0.1) is 0 Å². The van der Waals surface area contributed by atoms with Crippen LogP contribution < -0.4 is 11.1 Å². The van der Waals surface area contributed by atoms with Crippen molar-refractivity contribution in [3.8, 4) is 5.69 Å². The normalized spacial score (nSPS) is 11.7. The first kappa shape index (κ1) is 17.1. The van der Waals surface area contributed by atoms with Crippen LogP contribution in [0.2, 0.25) is 0 Å². The summed E-state index contributed by atoms with van der Waals surface area (Å²) >= 11 is 0. The molecular weight excluding hydrogens is 336 g/mol. The number of aromatic nitrogens is 4. The van der Waals surface area contributed by atoms with E-state index < -0.39 is 23.6 Å². The summed E-state index contributed by atoms with van der Waals surface area (Å²) in [7, 11) is 0. The number of nitrogens with two attached hydrogens (primary N) is 1. The predicted molar refractivity (Wildman–Crippen MR) is 91.3 cm³/mol. The zero-order valence-electron chi connectivity index (χ0n) is 13.6. The number of nitrogens with zero attached hydrogens (tertiary/aromatic N) is 3. The zero-order chi connectivity index (χ0) is 18.5. The average Bonchev–Trinajstić information content (AvgIpc) is 3.32. The third kappa shape index (κ3) is 3.66. The maximum Gasteiger partial charge on any atom is 0.287 e. The summed E-state index contributed by atoms with van der Waals surface area (Å²) in [6, 6.07) is 5.62. The number of pyridine rings is 1. The molecule has 0 spiro atoms. The van der Waals surface area contributed by atoms with Gasteiger partial charge in [-0.05, 0) is 29.8 Å². The Balaban J connectivity index is 1.83. The summed E-state index contributed by atoms with van der Waals surface area (Å²) < 4.78 is 1.39. The first-order chi connectivity index (χ1) is 12.6. The molecule has 3 heterocycles. The van der Waals surface area contributed by atoms with Crippen molar-refractivity contribution in [2.45, 2.75) is 12.5 Å². The largest absolute Gasteiger partial charge is 0.367 e. The van der Waals surface area contributed by atoms with Crippen LogP contribution >= 0.6 is 0 Å². The molecule has 9 heteroatoms. The molecule has 0 aliphatic heterocycles. The van der Waals surface area contributed by atoms with Gasteiger partial charge in [-0.1, -0.05) is 0 Å². The highest BCUT2D eigenvalue weighted by molar-refractivity contribution is 6.38. The van der Waals surface area contributed by atoms with Crippen LogP contribution in [0.4, 0.5) is 0 Å². The van der Waals surface area contributed by atoms with Gasteiger partial charge in [0.25, 0.3) is 11.8 Å². The maximum absolute atomic E-state index is 12.7. The number of rotatable bonds is 7. The molecule has 0 saturated heterocycles. The number of primary amides is 1. The standard InChI is InChI=1S/C17H16N6O3/c18-16(25)15(24)13(8-11-3-6-20-9-11)22-17(26)14-4-7-21-23(14)12-2-1-5-19-10-12/h1-7,9-10,13,20H,8H2,(H2,18,25)(H,22,26). The minimum Gasteiger partial charge on any atom is -0.367 e. The molecule has 0 aliphatic carbocycles. The molecule has 132 valence electrons. The van der Waals surface area contributed by atoms with Crippen LogP contribution in [-0.2, 0) is 16.0 Å². The van der Waals surface area contributed by atoms with Crippen LogP contribution in [0.15, 0.2) is 55.2 Å². The lowest BCUT2D eigenvalue weighted by Crippen LogP contribution is -2.47. The van der Waals surface area contributed by atoms with Gasteiger partial charge >= 0.3 is 0 Å². The van der Waals surface area contributed by atoms with Crippen molar-refractivity contribution in [1.82, 2.24) is 25.1 Å². The van der Waals surface area contributed by atoms with Crippen LogP contribution in [0.5, 0.6) is 0 Å². The average molecular weight is 352 g/mol. The second-order valence-corrected chi connectivity index (χ2v) is 5.52. The summed E-state index contributed by atoms with van der Waals surface area (Å²) in [5, 5.41) is 6.67. The molecule has 1 unspecified atom stereocenters. The SMILES string of the molecule is NC(=O)C(=O)C(Cc1cc[nH]c1)NC(=O)c1ccnn1-c1cccnc1. The highest BCUT2D eigenvalue weighted by Crippen LogP contribution is 2.10. The van der Waals surface area contributed by atoms with E-state index in [0.717, 1.165) is 5.56 Å². The first-order valence-corrected chi connectivity index (χ1v) is 7.77. The molecule has 0 radical (unpaired) electrons. The van der Waals surface area contributed by atoms with Crippen LogP contribution in [0, 0.1) is 0 Å². The minimum atomic E-state index is -1.10. The molecule has 26 heavy (non-hydrogen) atoms. The number of hydrogen-bond donors (Lipinski definition) is 3. The summed E-state index contributed by atoms with van der Waals surface area (Å²) in [5.74, 6) is -2.53. The van der Waals surface area contributed by atoms with E-state index in [1.807, 2.05) is 0 Å². The smallest absolute Gasteiger partial charge is 0.287 e. The Kier molecular flexibility index (Phi) is 4.88. The minimum absolute atomic E-state index is 0.137. The molecule has 3 aromatic heterocycles. The Bertz CT molecular complexity index is 917. The first-order valence-electron chi connectivity index (χ1n) is 7.77. The zero-order valence-corrected chi connectivity index (χ0v) is 13.6. The quantitative estimate of drug-likeness (QED) is 0.514. The van der Waals surface area contributed by atoms with Gasteiger partial charge in [0.1, 0.15) is 11.7 Å². The van der Waals surface area contributed by atoms with Gasteiger partial charge in [0.05, 0.1) is 18.1 Å².